The lowest BCUT2D eigenvalue weighted by Crippen LogP contribution is -2.30. The number of amides is 1. The van der Waals surface area contributed by atoms with Crippen LogP contribution in [-0.4, -0.2) is 38.8 Å². The molecule has 1 aliphatic heterocycles. The molecule has 0 saturated carbocycles. The van der Waals surface area contributed by atoms with Crippen LogP contribution in [0.3, 0.4) is 0 Å². The van der Waals surface area contributed by atoms with Gasteiger partial charge in [-0.05, 0) is 42.9 Å². The molecule has 5 nitrogen and oxygen atoms in total. The predicted octanol–water partition coefficient (Wildman–Crippen LogP) is 2.98. The molecule has 130 valence electrons. The van der Waals surface area contributed by atoms with Gasteiger partial charge in [-0.1, -0.05) is 18.3 Å². The maximum atomic E-state index is 12.3. The van der Waals surface area contributed by atoms with Crippen LogP contribution in [0.15, 0.2) is 24.3 Å². The fourth-order valence-electron chi connectivity index (χ4n) is 2.93. The van der Waals surface area contributed by atoms with Gasteiger partial charge in [-0.15, -0.1) is 0 Å². The van der Waals surface area contributed by atoms with E-state index in [0.29, 0.717) is 29.5 Å². The highest BCUT2D eigenvalue weighted by Gasteiger charge is 2.25. The molecular formula is C18H23NO4S. The Morgan fingerprint density at radius 2 is 1.88 bits per heavy atom. The Balaban J connectivity index is 2.55. The minimum absolute atomic E-state index is 0.124. The summed E-state index contributed by atoms with van der Waals surface area (Å²) in [6, 6.07) is 5.60. The molecule has 0 aromatic heterocycles. The van der Waals surface area contributed by atoms with Crippen LogP contribution >= 0.6 is 12.2 Å². The molecule has 1 unspecified atom stereocenters. The van der Waals surface area contributed by atoms with Gasteiger partial charge in [0, 0.05) is 19.8 Å². The molecule has 1 aromatic rings. The number of carbonyl (C=O) groups is 1. The van der Waals surface area contributed by atoms with Crippen LogP contribution in [0, 0.1) is 5.92 Å². The van der Waals surface area contributed by atoms with Gasteiger partial charge in [0.05, 0.1) is 24.8 Å². The second kappa shape index (κ2) is 8.80. The molecule has 1 atom stereocenters. The normalized spacial score (nSPS) is 20.5. The molecule has 1 amide bonds. The number of carbonyl (C=O) groups excluding carboxylic acids is 1. The lowest BCUT2D eigenvalue weighted by Gasteiger charge is -2.25. The van der Waals surface area contributed by atoms with Gasteiger partial charge in [-0.25, -0.2) is 0 Å². The largest absolute Gasteiger partial charge is 0.496 e. The van der Waals surface area contributed by atoms with Crippen molar-refractivity contribution in [3.05, 3.63) is 29.8 Å². The Morgan fingerprint density at radius 3 is 2.46 bits per heavy atom. The van der Waals surface area contributed by atoms with Crippen LogP contribution in [0.1, 0.15) is 24.8 Å². The zero-order chi connectivity index (χ0) is 17.5. The molecule has 24 heavy (non-hydrogen) atoms. The number of ether oxygens (including phenoxy) is 3. The first kappa shape index (κ1) is 18.4. The van der Waals surface area contributed by atoms with Crippen molar-refractivity contribution >= 4 is 28.7 Å². The lowest BCUT2D eigenvalue weighted by molar-refractivity contribution is -0.115. The molecule has 0 bridgehead atoms. The van der Waals surface area contributed by atoms with E-state index < -0.39 is 0 Å². The Bertz CT molecular complexity index is 620. The minimum atomic E-state index is -0.218. The summed E-state index contributed by atoms with van der Waals surface area (Å²) < 4.78 is 16.3. The van der Waals surface area contributed by atoms with Crippen molar-refractivity contribution in [3.8, 4) is 11.5 Å². The summed E-state index contributed by atoms with van der Waals surface area (Å²) in [4.78, 5) is 12.8. The van der Waals surface area contributed by atoms with Gasteiger partial charge in [0.2, 0.25) is 5.91 Å². The summed E-state index contributed by atoms with van der Waals surface area (Å²) in [5.74, 6) is 1.27. The number of allylic oxidation sites excluding steroid dienone is 1. The molecule has 6 heteroatoms. The third kappa shape index (κ3) is 4.33. The van der Waals surface area contributed by atoms with Crippen LogP contribution in [0.25, 0.3) is 5.57 Å². The van der Waals surface area contributed by atoms with Gasteiger partial charge in [-0.2, -0.15) is 0 Å². The molecule has 1 heterocycles. The van der Waals surface area contributed by atoms with Gasteiger partial charge < -0.3 is 19.5 Å². The SMILES string of the molecule is COCCC1CCC(=S)NC(=O)/C=C\1c1c(OC)cccc1OC. The molecule has 0 radical (unpaired) electrons. The van der Waals surface area contributed by atoms with Crippen LogP contribution < -0.4 is 14.8 Å². The van der Waals surface area contributed by atoms with Crippen molar-refractivity contribution in [2.45, 2.75) is 19.3 Å². The second-order valence-electron chi connectivity index (χ2n) is 5.57. The molecule has 0 aliphatic carbocycles. The first-order valence-corrected chi connectivity index (χ1v) is 8.27. The van der Waals surface area contributed by atoms with Crippen molar-refractivity contribution in [2.24, 2.45) is 5.92 Å². The van der Waals surface area contributed by atoms with Gasteiger partial charge in [0.25, 0.3) is 0 Å². The van der Waals surface area contributed by atoms with Gasteiger partial charge in [0.1, 0.15) is 11.5 Å². The molecule has 0 fully saturated rings. The number of methoxy groups -OCH3 is 3. The average Bonchev–Trinajstić information content (AvgIpc) is 2.58. The van der Waals surface area contributed by atoms with E-state index in [-0.39, 0.29) is 11.8 Å². The topological polar surface area (TPSA) is 56.8 Å². The fraction of sp³-hybridized carbons (Fsp3) is 0.444. The van der Waals surface area contributed by atoms with Crippen LogP contribution in [0.2, 0.25) is 0 Å². The van der Waals surface area contributed by atoms with E-state index in [1.807, 2.05) is 18.2 Å². The first-order chi connectivity index (χ1) is 11.6. The van der Waals surface area contributed by atoms with E-state index in [9.17, 15) is 4.79 Å². The average molecular weight is 349 g/mol. The molecule has 0 saturated heterocycles. The van der Waals surface area contributed by atoms with Crippen LogP contribution in [0.4, 0.5) is 0 Å². The number of hydrogen-bond acceptors (Lipinski definition) is 5. The number of rotatable bonds is 6. The molecule has 1 aromatic carbocycles. The van der Waals surface area contributed by atoms with E-state index in [2.05, 4.69) is 5.32 Å². The second-order valence-corrected chi connectivity index (χ2v) is 6.06. The highest BCUT2D eigenvalue weighted by Crippen LogP contribution is 2.41. The Kier molecular flexibility index (Phi) is 6.75. The summed E-state index contributed by atoms with van der Waals surface area (Å²) >= 11 is 5.21. The lowest BCUT2D eigenvalue weighted by atomic mass is 9.84. The molecular weight excluding hydrogens is 326 g/mol. The number of nitrogens with one attached hydrogen (secondary N) is 1. The van der Waals surface area contributed by atoms with Crippen molar-refractivity contribution < 1.29 is 19.0 Å². The first-order valence-electron chi connectivity index (χ1n) is 7.86. The Morgan fingerprint density at radius 1 is 1.21 bits per heavy atom. The molecule has 0 spiro atoms. The number of thiocarbonyl (C=S) groups is 1. The van der Waals surface area contributed by atoms with Gasteiger partial charge >= 0.3 is 0 Å². The summed E-state index contributed by atoms with van der Waals surface area (Å²) in [7, 11) is 4.90. The van der Waals surface area contributed by atoms with Gasteiger partial charge in [0.15, 0.2) is 0 Å². The Hall–Kier alpha value is -1.92. The van der Waals surface area contributed by atoms with Gasteiger partial charge in [-0.3, -0.25) is 4.79 Å². The highest BCUT2D eigenvalue weighted by molar-refractivity contribution is 7.80. The molecule has 1 aliphatic rings. The van der Waals surface area contributed by atoms with Crippen molar-refractivity contribution in [1.82, 2.24) is 5.32 Å². The maximum Gasteiger partial charge on any atom is 0.249 e. The number of benzene rings is 1. The van der Waals surface area contributed by atoms with Crippen LogP contribution in [-0.2, 0) is 9.53 Å². The third-order valence-electron chi connectivity index (χ3n) is 4.10. The predicted molar refractivity (Wildman–Crippen MR) is 97.5 cm³/mol. The Labute approximate surface area is 148 Å². The zero-order valence-electron chi connectivity index (χ0n) is 14.3. The summed E-state index contributed by atoms with van der Waals surface area (Å²) in [6.07, 6.45) is 3.88. The van der Waals surface area contributed by atoms with Crippen molar-refractivity contribution in [2.75, 3.05) is 27.9 Å². The van der Waals surface area contributed by atoms with Crippen molar-refractivity contribution in [3.63, 3.8) is 0 Å². The summed E-state index contributed by atoms with van der Waals surface area (Å²) in [5.41, 5.74) is 1.70. The van der Waals surface area contributed by atoms with Crippen molar-refractivity contribution in [1.29, 1.82) is 0 Å². The monoisotopic (exact) mass is 349 g/mol. The standard InChI is InChI=1S/C18H23NO4S/c1-21-10-9-12-7-8-17(24)19-16(20)11-13(12)18-14(22-2)5-4-6-15(18)23-3/h4-6,11-12H,7-10H2,1-3H3,(H,19,20,24)/b13-11+. The quantitative estimate of drug-likeness (QED) is 0.800. The highest BCUT2D eigenvalue weighted by atomic mass is 32.1. The minimum Gasteiger partial charge on any atom is -0.496 e. The summed E-state index contributed by atoms with van der Waals surface area (Å²) in [5, 5.41) is 2.74. The molecule has 1 N–H and O–H groups in total. The van der Waals surface area contributed by atoms with E-state index in [4.69, 9.17) is 26.4 Å². The van der Waals surface area contributed by atoms with Crippen LogP contribution in [0.5, 0.6) is 11.5 Å². The van der Waals surface area contributed by atoms with E-state index in [1.165, 1.54) is 0 Å². The smallest absolute Gasteiger partial charge is 0.249 e. The fourth-order valence-corrected chi connectivity index (χ4v) is 3.15. The summed E-state index contributed by atoms with van der Waals surface area (Å²) in [6.45, 7) is 0.605. The van der Waals surface area contributed by atoms with E-state index in [0.717, 1.165) is 24.0 Å². The third-order valence-corrected chi connectivity index (χ3v) is 4.40. The van der Waals surface area contributed by atoms with E-state index in [1.54, 1.807) is 27.4 Å². The maximum absolute atomic E-state index is 12.3. The molecule has 2 rings (SSSR count). The van der Waals surface area contributed by atoms with E-state index >= 15 is 0 Å². The number of hydrogen-bond donors (Lipinski definition) is 1. The zero-order valence-corrected chi connectivity index (χ0v) is 15.1.